The molecule has 0 radical (unpaired) electrons. The van der Waals surface area contributed by atoms with E-state index in [1.165, 1.54) is 0 Å². The predicted octanol–water partition coefficient (Wildman–Crippen LogP) is 4.28. The van der Waals surface area contributed by atoms with E-state index in [1.54, 1.807) is 49.4 Å². The second-order valence-electron chi connectivity index (χ2n) is 5.98. The Bertz CT molecular complexity index is 750. The topological polar surface area (TPSA) is 67.4 Å². The molecule has 0 saturated carbocycles. The normalized spacial score (nSPS) is 11.5. The van der Waals surface area contributed by atoms with Crippen molar-refractivity contribution in [2.24, 2.45) is 0 Å². The molecule has 2 rings (SSSR count). The van der Waals surface area contributed by atoms with Gasteiger partial charge in [-0.05, 0) is 43.7 Å². The van der Waals surface area contributed by atoms with Crippen LogP contribution >= 0.6 is 11.6 Å². The zero-order valence-corrected chi connectivity index (χ0v) is 15.7. The van der Waals surface area contributed by atoms with E-state index in [4.69, 9.17) is 16.3 Å². The van der Waals surface area contributed by atoms with Crippen LogP contribution in [-0.2, 0) is 4.79 Å². The van der Waals surface area contributed by atoms with E-state index in [1.807, 2.05) is 13.0 Å². The van der Waals surface area contributed by atoms with Gasteiger partial charge in [0.25, 0.3) is 5.91 Å². The third kappa shape index (κ3) is 6.08. The summed E-state index contributed by atoms with van der Waals surface area (Å²) in [5.74, 6) is 0.140. The van der Waals surface area contributed by atoms with Crippen molar-refractivity contribution in [2.75, 3.05) is 11.9 Å². The molecule has 0 spiro atoms. The fourth-order valence-corrected chi connectivity index (χ4v) is 2.54. The van der Waals surface area contributed by atoms with Crippen molar-refractivity contribution >= 4 is 29.1 Å². The maximum absolute atomic E-state index is 12.3. The van der Waals surface area contributed by atoms with Gasteiger partial charge in [0.05, 0.1) is 12.3 Å². The van der Waals surface area contributed by atoms with Gasteiger partial charge in [0.2, 0.25) is 5.91 Å². The van der Waals surface area contributed by atoms with E-state index in [2.05, 4.69) is 10.6 Å². The first kappa shape index (κ1) is 19.8. The van der Waals surface area contributed by atoms with Gasteiger partial charge in [-0.3, -0.25) is 9.59 Å². The van der Waals surface area contributed by atoms with Gasteiger partial charge in [0.15, 0.2) is 0 Å². The smallest absolute Gasteiger partial charge is 0.251 e. The van der Waals surface area contributed by atoms with Crippen LogP contribution in [0.4, 0.5) is 5.69 Å². The van der Waals surface area contributed by atoms with Crippen LogP contribution in [0, 0.1) is 0 Å². The quantitative estimate of drug-likeness (QED) is 0.724. The fraction of sp³-hybridized carbons (Fsp3) is 0.300. The Morgan fingerprint density at radius 1 is 1.15 bits per heavy atom. The van der Waals surface area contributed by atoms with Crippen LogP contribution < -0.4 is 15.4 Å². The highest BCUT2D eigenvalue weighted by Gasteiger charge is 2.15. The van der Waals surface area contributed by atoms with Crippen molar-refractivity contribution in [2.45, 2.75) is 32.7 Å². The number of carbonyl (C=O) groups excluding carboxylic acids is 2. The first-order valence-corrected chi connectivity index (χ1v) is 8.95. The largest absolute Gasteiger partial charge is 0.491 e. The first-order valence-electron chi connectivity index (χ1n) is 8.57. The first-order chi connectivity index (χ1) is 12.5. The molecule has 2 N–H and O–H groups in total. The summed E-state index contributed by atoms with van der Waals surface area (Å²) in [6, 6.07) is 13.7. The predicted molar refractivity (Wildman–Crippen MR) is 104 cm³/mol. The molecule has 2 amide bonds. The number of ether oxygens (including phenoxy) is 1. The molecule has 6 heteroatoms. The molecule has 0 heterocycles. The van der Waals surface area contributed by atoms with Crippen LogP contribution in [0.3, 0.4) is 0 Å². The van der Waals surface area contributed by atoms with Gasteiger partial charge in [0, 0.05) is 23.0 Å². The number of benzene rings is 2. The number of nitrogens with one attached hydrogen (secondary N) is 2. The number of hydrogen-bond donors (Lipinski definition) is 2. The van der Waals surface area contributed by atoms with Gasteiger partial charge in [0.1, 0.15) is 5.75 Å². The Balaban J connectivity index is 1.93. The third-order valence-electron chi connectivity index (χ3n) is 3.58. The highest BCUT2D eigenvalue weighted by atomic mass is 35.5. The monoisotopic (exact) mass is 374 g/mol. The van der Waals surface area contributed by atoms with E-state index < -0.39 is 0 Å². The number of amides is 2. The zero-order chi connectivity index (χ0) is 18.9. The molecular formula is C20H23ClN2O3. The second-order valence-corrected chi connectivity index (χ2v) is 6.42. The summed E-state index contributed by atoms with van der Waals surface area (Å²) < 4.78 is 5.63. The van der Waals surface area contributed by atoms with Crippen molar-refractivity contribution in [3.8, 4) is 5.75 Å². The van der Waals surface area contributed by atoms with Gasteiger partial charge in [-0.25, -0.2) is 0 Å². The van der Waals surface area contributed by atoms with Crippen molar-refractivity contribution < 1.29 is 14.3 Å². The molecular weight excluding hydrogens is 352 g/mol. The molecule has 5 nitrogen and oxygen atoms in total. The summed E-state index contributed by atoms with van der Waals surface area (Å²) in [7, 11) is 0. The molecule has 2 aromatic carbocycles. The number of hydrogen-bond acceptors (Lipinski definition) is 3. The van der Waals surface area contributed by atoms with Crippen molar-refractivity contribution in [1.82, 2.24) is 5.32 Å². The molecule has 0 saturated heterocycles. The molecule has 138 valence electrons. The lowest BCUT2D eigenvalue weighted by Crippen LogP contribution is -2.35. The van der Waals surface area contributed by atoms with Crippen LogP contribution in [0.25, 0.3) is 0 Å². The van der Waals surface area contributed by atoms with Crippen molar-refractivity contribution in [3.63, 3.8) is 0 Å². The summed E-state index contributed by atoms with van der Waals surface area (Å²) in [6.45, 7) is 4.34. The molecule has 0 aromatic heterocycles. The molecule has 1 unspecified atom stereocenters. The lowest BCUT2D eigenvalue weighted by molar-refractivity contribution is -0.116. The van der Waals surface area contributed by atoms with Crippen molar-refractivity contribution in [1.29, 1.82) is 0 Å². The number of halogens is 1. The van der Waals surface area contributed by atoms with Gasteiger partial charge in [-0.1, -0.05) is 36.7 Å². The van der Waals surface area contributed by atoms with Crippen LogP contribution in [0.2, 0.25) is 5.02 Å². The van der Waals surface area contributed by atoms with Crippen LogP contribution in [0.5, 0.6) is 5.75 Å². The van der Waals surface area contributed by atoms with E-state index in [-0.39, 0.29) is 24.3 Å². The SMILES string of the molecule is CCCOc1ccc(Cl)cc1NC(=O)CC(C)NC(=O)c1ccccc1. The van der Waals surface area contributed by atoms with Crippen LogP contribution in [-0.4, -0.2) is 24.5 Å². The minimum atomic E-state index is -0.318. The molecule has 0 aliphatic carbocycles. The van der Waals surface area contributed by atoms with E-state index in [0.29, 0.717) is 28.6 Å². The summed E-state index contributed by atoms with van der Waals surface area (Å²) in [5, 5.41) is 6.13. The fourth-order valence-electron chi connectivity index (χ4n) is 2.36. The molecule has 2 aromatic rings. The number of rotatable bonds is 8. The summed E-state index contributed by atoms with van der Waals surface area (Å²) in [6.07, 6.45) is 0.997. The molecule has 1 atom stereocenters. The van der Waals surface area contributed by atoms with Gasteiger partial charge in [-0.2, -0.15) is 0 Å². The Kier molecular flexibility index (Phi) is 7.48. The highest BCUT2D eigenvalue weighted by Crippen LogP contribution is 2.28. The molecule has 26 heavy (non-hydrogen) atoms. The lowest BCUT2D eigenvalue weighted by atomic mass is 10.1. The Morgan fingerprint density at radius 2 is 1.88 bits per heavy atom. The van der Waals surface area contributed by atoms with E-state index in [9.17, 15) is 9.59 Å². The van der Waals surface area contributed by atoms with Gasteiger partial charge in [-0.15, -0.1) is 0 Å². The maximum Gasteiger partial charge on any atom is 0.251 e. The average molecular weight is 375 g/mol. The minimum absolute atomic E-state index is 0.137. The minimum Gasteiger partial charge on any atom is -0.491 e. The van der Waals surface area contributed by atoms with E-state index in [0.717, 1.165) is 6.42 Å². The summed E-state index contributed by atoms with van der Waals surface area (Å²) >= 11 is 6.01. The number of carbonyl (C=O) groups is 2. The average Bonchev–Trinajstić information content (AvgIpc) is 2.61. The Labute approximate surface area is 158 Å². The van der Waals surface area contributed by atoms with Crippen LogP contribution in [0.15, 0.2) is 48.5 Å². The Hall–Kier alpha value is -2.53. The van der Waals surface area contributed by atoms with Crippen LogP contribution in [0.1, 0.15) is 37.0 Å². The molecule has 0 fully saturated rings. The van der Waals surface area contributed by atoms with Gasteiger partial charge >= 0.3 is 0 Å². The highest BCUT2D eigenvalue weighted by molar-refractivity contribution is 6.31. The second kappa shape index (κ2) is 9.82. The molecule has 0 aliphatic rings. The van der Waals surface area contributed by atoms with Gasteiger partial charge < -0.3 is 15.4 Å². The number of anilines is 1. The maximum atomic E-state index is 12.3. The zero-order valence-electron chi connectivity index (χ0n) is 14.9. The molecule has 0 bridgehead atoms. The van der Waals surface area contributed by atoms with E-state index >= 15 is 0 Å². The third-order valence-corrected chi connectivity index (χ3v) is 3.82. The van der Waals surface area contributed by atoms with Crippen molar-refractivity contribution in [3.05, 3.63) is 59.1 Å². The summed E-state index contributed by atoms with van der Waals surface area (Å²) in [5.41, 5.74) is 1.09. The molecule has 0 aliphatic heterocycles. The summed E-state index contributed by atoms with van der Waals surface area (Å²) in [4.78, 5) is 24.4. The lowest BCUT2D eigenvalue weighted by Gasteiger charge is -2.16. The Morgan fingerprint density at radius 3 is 2.58 bits per heavy atom. The standard InChI is InChI=1S/C20H23ClN2O3/c1-3-11-26-18-10-9-16(21)13-17(18)23-19(24)12-14(2)22-20(25)15-7-5-4-6-8-15/h4-10,13-14H,3,11-12H2,1-2H3,(H,22,25)(H,23,24).